The third-order valence-corrected chi connectivity index (χ3v) is 6.72. The van der Waals surface area contributed by atoms with Crippen LogP contribution in [-0.2, 0) is 10.2 Å². The van der Waals surface area contributed by atoms with E-state index >= 15 is 0 Å². The highest BCUT2D eigenvalue weighted by molar-refractivity contribution is 6.33. The Labute approximate surface area is 215 Å². The van der Waals surface area contributed by atoms with Crippen LogP contribution in [0.25, 0.3) is 11.3 Å². The van der Waals surface area contributed by atoms with Gasteiger partial charge in [-0.2, -0.15) is 4.98 Å². The number of halogens is 1. The topological polar surface area (TPSA) is 91.8 Å². The predicted molar refractivity (Wildman–Crippen MR) is 145 cm³/mol. The highest BCUT2D eigenvalue weighted by Gasteiger charge is 2.28. The van der Waals surface area contributed by atoms with Crippen molar-refractivity contribution in [3.05, 3.63) is 83.1 Å². The quantitative estimate of drug-likeness (QED) is 0.274. The lowest BCUT2D eigenvalue weighted by Gasteiger charge is -2.25. The van der Waals surface area contributed by atoms with Gasteiger partial charge in [-0.1, -0.05) is 49.7 Å². The average Bonchev–Trinajstić information content (AvgIpc) is 2.97. The monoisotopic (exact) mass is 498 g/mol. The van der Waals surface area contributed by atoms with Gasteiger partial charge in [-0.05, 0) is 60.2 Å². The van der Waals surface area contributed by atoms with Gasteiger partial charge in [-0.15, -0.1) is 0 Å². The van der Waals surface area contributed by atoms with E-state index in [1.165, 1.54) is 0 Å². The normalized spacial score (nSPS) is 14.4. The number of aryl methyl sites for hydroxylation is 1. The number of hydrogen-bond acceptors (Lipinski definition) is 6. The number of amides is 1. The van der Waals surface area contributed by atoms with Crippen LogP contribution in [0.15, 0.2) is 67.0 Å². The van der Waals surface area contributed by atoms with E-state index in [0.717, 1.165) is 45.9 Å². The molecule has 0 spiro atoms. The van der Waals surface area contributed by atoms with E-state index in [1.807, 2.05) is 61.5 Å². The van der Waals surface area contributed by atoms with Crippen LogP contribution in [0.5, 0.6) is 0 Å². The van der Waals surface area contributed by atoms with E-state index in [0.29, 0.717) is 23.2 Å². The molecule has 1 aliphatic heterocycles. The van der Waals surface area contributed by atoms with Crippen molar-refractivity contribution < 1.29 is 4.79 Å². The second-order valence-corrected chi connectivity index (χ2v) is 9.95. The molecular formula is C28H27ClN6O. The van der Waals surface area contributed by atoms with Crippen LogP contribution in [-0.4, -0.2) is 20.9 Å². The van der Waals surface area contributed by atoms with Crippen molar-refractivity contribution in [1.29, 1.82) is 0 Å². The smallest absolute Gasteiger partial charge is 0.229 e. The van der Waals surface area contributed by atoms with Gasteiger partial charge < -0.3 is 16.0 Å². The van der Waals surface area contributed by atoms with Crippen molar-refractivity contribution >= 4 is 46.3 Å². The number of hydrogen-bond donors (Lipinski definition) is 3. The molecule has 7 nitrogen and oxygen atoms in total. The second kappa shape index (κ2) is 9.59. The van der Waals surface area contributed by atoms with Crippen LogP contribution in [0.2, 0.25) is 5.02 Å². The van der Waals surface area contributed by atoms with Gasteiger partial charge in [-0.25, -0.2) is 4.98 Å². The number of aromatic nitrogens is 3. The van der Waals surface area contributed by atoms with E-state index in [1.54, 1.807) is 12.4 Å². The Bertz CT molecular complexity index is 1450. The zero-order valence-electron chi connectivity index (χ0n) is 20.4. The number of rotatable bonds is 5. The first-order chi connectivity index (χ1) is 17.3. The lowest BCUT2D eigenvalue weighted by molar-refractivity contribution is -0.116. The van der Waals surface area contributed by atoms with Crippen LogP contribution >= 0.6 is 11.6 Å². The summed E-state index contributed by atoms with van der Waals surface area (Å²) < 4.78 is 0. The highest BCUT2D eigenvalue weighted by Crippen LogP contribution is 2.39. The first-order valence-electron chi connectivity index (χ1n) is 11.8. The number of carbonyl (C=O) groups is 1. The van der Waals surface area contributed by atoms with E-state index in [-0.39, 0.29) is 11.3 Å². The average molecular weight is 499 g/mol. The molecule has 1 aliphatic rings. The van der Waals surface area contributed by atoms with Gasteiger partial charge >= 0.3 is 0 Å². The van der Waals surface area contributed by atoms with Gasteiger partial charge in [0.25, 0.3) is 0 Å². The van der Waals surface area contributed by atoms with E-state index in [2.05, 4.69) is 44.7 Å². The molecule has 0 unspecified atom stereocenters. The maximum atomic E-state index is 12.1. The number of benzene rings is 2. The van der Waals surface area contributed by atoms with E-state index < -0.39 is 0 Å². The molecule has 0 fully saturated rings. The molecule has 0 radical (unpaired) electrons. The summed E-state index contributed by atoms with van der Waals surface area (Å²) in [5.41, 5.74) is 6.36. The maximum Gasteiger partial charge on any atom is 0.229 e. The molecule has 0 saturated heterocycles. The molecule has 36 heavy (non-hydrogen) atoms. The zero-order chi connectivity index (χ0) is 25.3. The van der Waals surface area contributed by atoms with Gasteiger partial charge in [0.1, 0.15) is 5.02 Å². The summed E-state index contributed by atoms with van der Waals surface area (Å²) in [5, 5.41) is 10.1. The van der Waals surface area contributed by atoms with Gasteiger partial charge in [-0.3, -0.25) is 9.78 Å². The third-order valence-electron chi connectivity index (χ3n) is 6.44. The molecule has 0 bridgehead atoms. The fourth-order valence-corrected chi connectivity index (χ4v) is 4.54. The number of para-hydroxylation sites is 1. The molecule has 2 aromatic heterocycles. The Morgan fingerprint density at radius 1 is 1.03 bits per heavy atom. The zero-order valence-corrected chi connectivity index (χ0v) is 21.1. The van der Waals surface area contributed by atoms with Crippen molar-refractivity contribution in [3.8, 4) is 11.3 Å². The van der Waals surface area contributed by atoms with Crippen LogP contribution < -0.4 is 16.0 Å². The molecule has 3 N–H and O–H groups in total. The molecule has 0 aliphatic carbocycles. The fourth-order valence-electron chi connectivity index (χ4n) is 4.40. The van der Waals surface area contributed by atoms with Gasteiger partial charge in [0.15, 0.2) is 5.82 Å². The Hall–Kier alpha value is -3.97. The van der Waals surface area contributed by atoms with Crippen molar-refractivity contribution in [3.63, 3.8) is 0 Å². The predicted octanol–water partition coefficient (Wildman–Crippen LogP) is 7.00. The summed E-state index contributed by atoms with van der Waals surface area (Å²) in [6, 6.07) is 17.7. The van der Waals surface area contributed by atoms with Crippen molar-refractivity contribution in [1.82, 2.24) is 15.0 Å². The van der Waals surface area contributed by atoms with Gasteiger partial charge in [0, 0.05) is 35.2 Å². The Morgan fingerprint density at radius 3 is 2.69 bits per heavy atom. The molecule has 3 heterocycles. The standard InChI is InChI=1S/C28H27ClN6O/c1-17-7-6-14-30-25(17)19-8-4-5-9-22(19)34-26-21(29)16-31-27(35-26)32-18-10-11-23-20(15-18)28(2,3)13-12-24(36)33-23/h4-11,14-16H,12-13H2,1-3H3,(H,33,36)(H2,31,32,34,35). The van der Waals surface area contributed by atoms with Crippen LogP contribution in [0.1, 0.15) is 37.8 Å². The van der Waals surface area contributed by atoms with Crippen LogP contribution in [0, 0.1) is 6.92 Å². The van der Waals surface area contributed by atoms with Crippen molar-refractivity contribution in [2.45, 2.75) is 39.0 Å². The number of carbonyl (C=O) groups excluding carboxylic acids is 1. The number of pyridine rings is 1. The minimum Gasteiger partial charge on any atom is -0.338 e. The molecule has 2 aromatic carbocycles. The summed E-state index contributed by atoms with van der Waals surface area (Å²) in [7, 11) is 0. The molecule has 0 atom stereocenters. The van der Waals surface area contributed by atoms with Crippen LogP contribution in [0.3, 0.4) is 0 Å². The highest BCUT2D eigenvalue weighted by atomic mass is 35.5. The first kappa shape index (κ1) is 23.8. The fraction of sp³-hybridized carbons (Fsp3) is 0.214. The minimum absolute atomic E-state index is 0.0421. The molecule has 182 valence electrons. The number of fused-ring (bicyclic) bond motifs is 1. The largest absolute Gasteiger partial charge is 0.338 e. The molecular weight excluding hydrogens is 472 g/mol. The summed E-state index contributed by atoms with van der Waals surface area (Å²) in [5.74, 6) is 0.932. The Kier molecular flexibility index (Phi) is 6.33. The number of nitrogens with zero attached hydrogens (tertiary/aromatic N) is 3. The molecule has 5 rings (SSSR count). The molecule has 8 heteroatoms. The van der Waals surface area contributed by atoms with Gasteiger partial charge in [0.05, 0.1) is 11.9 Å². The second-order valence-electron chi connectivity index (χ2n) is 9.55. The van der Waals surface area contributed by atoms with Gasteiger partial charge in [0.2, 0.25) is 11.9 Å². The van der Waals surface area contributed by atoms with Crippen LogP contribution in [0.4, 0.5) is 28.8 Å². The third kappa shape index (κ3) is 4.88. The lowest BCUT2D eigenvalue weighted by Crippen LogP contribution is -2.16. The summed E-state index contributed by atoms with van der Waals surface area (Å²) in [4.78, 5) is 25.7. The van der Waals surface area contributed by atoms with E-state index in [4.69, 9.17) is 11.6 Å². The molecule has 1 amide bonds. The Balaban J connectivity index is 1.44. The van der Waals surface area contributed by atoms with Crippen molar-refractivity contribution in [2.24, 2.45) is 0 Å². The van der Waals surface area contributed by atoms with Crippen molar-refractivity contribution in [2.75, 3.05) is 16.0 Å². The maximum absolute atomic E-state index is 12.1. The summed E-state index contributed by atoms with van der Waals surface area (Å²) in [6.45, 7) is 6.33. The number of nitrogens with one attached hydrogen (secondary N) is 3. The first-order valence-corrected chi connectivity index (χ1v) is 12.2. The number of anilines is 5. The summed E-state index contributed by atoms with van der Waals surface area (Å²) in [6.07, 6.45) is 4.63. The summed E-state index contributed by atoms with van der Waals surface area (Å²) >= 11 is 6.47. The SMILES string of the molecule is Cc1cccnc1-c1ccccc1Nc1nc(Nc2ccc3c(c2)C(C)(C)CCC(=O)N3)ncc1Cl. The molecule has 0 saturated carbocycles. The lowest BCUT2D eigenvalue weighted by atomic mass is 9.80. The Morgan fingerprint density at radius 2 is 1.86 bits per heavy atom. The van der Waals surface area contributed by atoms with E-state index in [9.17, 15) is 4.79 Å². The molecule has 4 aromatic rings. The minimum atomic E-state index is -0.146.